The van der Waals surface area contributed by atoms with Gasteiger partial charge in [-0.25, -0.2) is 0 Å². The highest BCUT2D eigenvalue weighted by Gasteiger charge is 2.37. The van der Waals surface area contributed by atoms with Crippen LogP contribution in [0, 0.1) is 11.3 Å². The summed E-state index contributed by atoms with van der Waals surface area (Å²) in [6.07, 6.45) is -8.21. The van der Waals surface area contributed by atoms with E-state index in [1.54, 1.807) is 18.2 Å². The molecule has 0 radical (unpaired) electrons. The van der Waals surface area contributed by atoms with Crippen molar-refractivity contribution >= 4 is 0 Å². The molecule has 8 heteroatoms. The third kappa shape index (κ3) is 6.44. The second-order valence-electron chi connectivity index (χ2n) is 4.32. The molecule has 21 heavy (non-hydrogen) atoms. The molecule has 0 aliphatic carbocycles. The van der Waals surface area contributed by atoms with E-state index in [1.165, 1.54) is 6.07 Å². The van der Waals surface area contributed by atoms with E-state index in [4.69, 9.17) is 15.1 Å². The topological polar surface area (TPSA) is 85.5 Å². The summed E-state index contributed by atoms with van der Waals surface area (Å²) in [7, 11) is 0. The van der Waals surface area contributed by atoms with Crippen LogP contribution in [0.4, 0.5) is 13.2 Å². The highest BCUT2D eigenvalue weighted by molar-refractivity contribution is 5.36. The van der Waals surface area contributed by atoms with E-state index in [9.17, 15) is 18.3 Å². The van der Waals surface area contributed by atoms with E-state index >= 15 is 0 Å². The number of nitrogens with one attached hydrogen (secondary N) is 1. The average molecular weight is 304 g/mol. The Hall–Kier alpha value is -1.82. The predicted molar refractivity (Wildman–Crippen MR) is 67.6 cm³/mol. The largest absolute Gasteiger partial charge is 0.491 e. The lowest BCUT2D eigenvalue weighted by atomic mass is 10.2. The van der Waals surface area contributed by atoms with Crippen LogP contribution in [0.15, 0.2) is 24.3 Å². The van der Waals surface area contributed by atoms with Gasteiger partial charge >= 0.3 is 6.18 Å². The second kappa shape index (κ2) is 7.83. The maximum absolute atomic E-state index is 12.0. The lowest BCUT2D eigenvalue weighted by Gasteiger charge is -2.17. The van der Waals surface area contributed by atoms with Crippen molar-refractivity contribution in [2.45, 2.75) is 18.4 Å². The van der Waals surface area contributed by atoms with E-state index in [1.807, 2.05) is 6.07 Å². The Kier molecular flexibility index (Phi) is 6.42. The molecule has 3 N–H and O–H groups in total. The van der Waals surface area contributed by atoms with Crippen molar-refractivity contribution in [3.63, 3.8) is 0 Å². The van der Waals surface area contributed by atoms with Crippen LogP contribution in [-0.2, 0) is 0 Å². The molecule has 0 aliphatic rings. The van der Waals surface area contributed by atoms with E-state index in [0.717, 1.165) is 0 Å². The lowest BCUT2D eigenvalue weighted by molar-refractivity contribution is -0.202. The Morgan fingerprint density at radius 2 is 2.00 bits per heavy atom. The standard InChI is InChI=1S/C13H15F3N2O3/c14-13(15,16)12(20)7-18-6-10(19)8-21-11-3-1-2-9(4-11)5-17/h1-4,10,12,18-20H,6-8H2. The molecule has 5 nitrogen and oxygen atoms in total. The predicted octanol–water partition coefficient (Wildman–Crippen LogP) is 0.811. The van der Waals surface area contributed by atoms with Crippen molar-refractivity contribution in [2.75, 3.05) is 19.7 Å². The zero-order chi connectivity index (χ0) is 15.9. The van der Waals surface area contributed by atoms with E-state index < -0.39 is 24.9 Å². The number of halogens is 3. The van der Waals surface area contributed by atoms with Crippen molar-refractivity contribution in [1.82, 2.24) is 5.32 Å². The molecule has 0 bridgehead atoms. The van der Waals surface area contributed by atoms with Gasteiger partial charge in [-0.1, -0.05) is 6.07 Å². The number of nitriles is 1. The Bertz CT molecular complexity index is 488. The first-order chi connectivity index (χ1) is 9.82. The summed E-state index contributed by atoms with van der Waals surface area (Å²) >= 11 is 0. The molecule has 1 aromatic rings. The van der Waals surface area contributed by atoms with Crippen LogP contribution in [0.2, 0.25) is 0 Å². The summed E-state index contributed by atoms with van der Waals surface area (Å²) in [6.45, 7) is -1.01. The number of rotatable bonds is 7. The average Bonchev–Trinajstić information content (AvgIpc) is 2.44. The zero-order valence-corrected chi connectivity index (χ0v) is 11.0. The van der Waals surface area contributed by atoms with Gasteiger partial charge in [0.1, 0.15) is 18.5 Å². The maximum Gasteiger partial charge on any atom is 0.415 e. The Labute approximate surface area is 119 Å². The molecule has 0 heterocycles. The molecule has 0 spiro atoms. The number of alkyl halides is 3. The Morgan fingerprint density at radius 3 is 2.62 bits per heavy atom. The fraction of sp³-hybridized carbons (Fsp3) is 0.462. The molecule has 0 aliphatic heterocycles. The van der Waals surface area contributed by atoms with Crippen LogP contribution in [0.25, 0.3) is 0 Å². The van der Waals surface area contributed by atoms with Gasteiger partial charge in [0.25, 0.3) is 0 Å². The first-order valence-corrected chi connectivity index (χ1v) is 6.09. The van der Waals surface area contributed by atoms with E-state index in [2.05, 4.69) is 5.32 Å². The molecule has 1 rings (SSSR count). The molecule has 0 amide bonds. The van der Waals surface area contributed by atoms with Crippen molar-refractivity contribution < 1.29 is 28.1 Å². The van der Waals surface area contributed by atoms with Crippen LogP contribution >= 0.6 is 0 Å². The molecule has 0 fully saturated rings. The summed E-state index contributed by atoms with van der Waals surface area (Å²) in [5, 5.41) is 29.3. The van der Waals surface area contributed by atoms with Gasteiger partial charge in [0, 0.05) is 13.1 Å². The molecule has 1 aromatic carbocycles. The SMILES string of the molecule is N#Cc1cccc(OCC(O)CNCC(O)C(F)(F)F)c1. The van der Waals surface area contributed by atoms with Crippen LogP contribution < -0.4 is 10.1 Å². The van der Waals surface area contributed by atoms with Crippen molar-refractivity contribution in [3.8, 4) is 11.8 Å². The van der Waals surface area contributed by atoms with Gasteiger partial charge in [0.05, 0.1) is 11.6 Å². The van der Waals surface area contributed by atoms with Crippen molar-refractivity contribution in [1.29, 1.82) is 5.26 Å². The molecule has 0 saturated carbocycles. The highest BCUT2D eigenvalue weighted by atomic mass is 19.4. The normalized spacial score (nSPS) is 14.3. The molecule has 116 valence electrons. The monoisotopic (exact) mass is 304 g/mol. The van der Waals surface area contributed by atoms with Crippen molar-refractivity contribution in [3.05, 3.63) is 29.8 Å². The first-order valence-electron chi connectivity index (χ1n) is 6.09. The number of hydrogen-bond acceptors (Lipinski definition) is 5. The third-order valence-corrected chi connectivity index (χ3v) is 2.50. The summed E-state index contributed by atoms with van der Waals surface area (Å²) < 4.78 is 41.2. The number of aliphatic hydroxyl groups is 2. The molecule has 2 unspecified atom stereocenters. The number of nitrogens with zero attached hydrogens (tertiary/aromatic N) is 1. The number of benzene rings is 1. The first kappa shape index (κ1) is 17.2. The minimum atomic E-state index is -4.69. The van der Waals surface area contributed by atoms with Crippen LogP contribution in [0.3, 0.4) is 0 Å². The Morgan fingerprint density at radius 1 is 1.29 bits per heavy atom. The number of hydrogen-bond donors (Lipinski definition) is 3. The van der Waals surface area contributed by atoms with Gasteiger partial charge in [-0.05, 0) is 18.2 Å². The smallest absolute Gasteiger partial charge is 0.415 e. The van der Waals surface area contributed by atoms with Crippen molar-refractivity contribution in [2.24, 2.45) is 0 Å². The summed E-state index contributed by atoms with van der Waals surface area (Å²) in [6, 6.07) is 8.19. The Balaban J connectivity index is 2.28. The molecule has 2 atom stereocenters. The highest BCUT2D eigenvalue weighted by Crippen LogP contribution is 2.19. The van der Waals surface area contributed by atoms with Gasteiger partial charge in [-0.15, -0.1) is 0 Å². The number of ether oxygens (including phenoxy) is 1. The minimum absolute atomic E-state index is 0.149. The zero-order valence-electron chi connectivity index (χ0n) is 11.0. The van der Waals surface area contributed by atoms with E-state index in [0.29, 0.717) is 11.3 Å². The van der Waals surface area contributed by atoms with Gasteiger partial charge in [0.2, 0.25) is 0 Å². The van der Waals surface area contributed by atoms with Gasteiger partial charge in [-0.2, -0.15) is 18.4 Å². The quantitative estimate of drug-likeness (QED) is 0.694. The fourth-order valence-corrected chi connectivity index (χ4v) is 1.41. The van der Waals surface area contributed by atoms with E-state index in [-0.39, 0.29) is 13.2 Å². The van der Waals surface area contributed by atoms with Gasteiger partial charge in [-0.3, -0.25) is 0 Å². The molecular weight excluding hydrogens is 289 g/mol. The summed E-state index contributed by atoms with van der Waals surface area (Å²) in [5.74, 6) is 0.378. The summed E-state index contributed by atoms with van der Waals surface area (Å²) in [5.41, 5.74) is 0.397. The lowest BCUT2D eigenvalue weighted by Crippen LogP contribution is -2.41. The second-order valence-corrected chi connectivity index (χ2v) is 4.32. The van der Waals surface area contributed by atoms with Crippen LogP contribution in [-0.4, -0.2) is 48.3 Å². The third-order valence-electron chi connectivity index (χ3n) is 2.50. The van der Waals surface area contributed by atoms with Gasteiger partial charge in [0.15, 0.2) is 6.10 Å². The molecule has 0 aromatic heterocycles. The minimum Gasteiger partial charge on any atom is -0.491 e. The maximum atomic E-state index is 12.0. The van der Waals surface area contributed by atoms with Gasteiger partial charge < -0.3 is 20.3 Å². The van der Waals surface area contributed by atoms with Crippen LogP contribution in [0.1, 0.15) is 5.56 Å². The molecular formula is C13H15F3N2O3. The summed E-state index contributed by atoms with van der Waals surface area (Å²) in [4.78, 5) is 0. The fourth-order valence-electron chi connectivity index (χ4n) is 1.41. The number of aliphatic hydroxyl groups excluding tert-OH is 2. The van der Waals surface area contributed by atoms with Crippen LogP contribution in [0.5, 0.6) is 5.75 Å². The molecule has 0 saturated heterocycles.